The van der Waals surface area contributed by atoms with Gasteiger partial charge in [-0.2, -0.15) is 0 Å². The third-order valence-corrected chi connectivity index (χ3v) is 5.34. The van der Waals surface area contributed by atoms with E-state index in [9.17, 15) is 0 Å². The Morgan fingerprint density at radius 1 is 0.400 bits per heavy atom. The second-order valence-electron chi connectivity index (χ2n) is 8.38. The van der Waals surface area contributed by atoms with Crippen molar-refractivity contribution in [3.05, 3.63) is 24.7 Å². The molecule has 0 saturated carbocycles. The van der Waals surface area contributed by atoms with Gasteiger partial charge in [-0.1, -0.05) is 116 Å². The second-order valence-corrected chi connectivity index (χ2v) is 8.38. The summed E-state index contributed by atoms with van der Waals surface area (Å²) in [4.78, 5) is 8.81. The molecule has 0 heterocycles. The average Bonchev–Trinajstić information content (AvgIpc) is 2.87. The fourth-order valence-corrected chi connectivity index (χ4v) is 3.47. The van der Waals surface area contributed by atoms with E-state index in [1.54, 1.807) is 13.0 Å². The van der Waals surface area contributed by atoms with E-state index in [4.69, 9.17) is 0 Å². The SMILES string of the molecule is CC=COOOOOOOOOOC=CCCCCCCCCCCCCCCCCCCCC. The van der Waals surface area contributed by atoms with Crippen LogP contribution in [-0.2, 0) is 50.1 Å². The molecule has 0 aromatic heterocycles. The van der Waals surface area contributed by atoms with Gasteiger partial charge in [-0.15, -0.1) is 0 Å². The summed E-state index contributed by atoms with van der Waals surface area (Å²) in [6, 6.07) is 0. The summed E-state index contributed by atoms with van der Waals surface area (Å²) in [5.41, 5.74) is 0. The van der Waals surface area contributed by atoms with E-state index in [2.05, 4.69) is 57.0 Å². The molecule has 0 saturated heterocycles. The summed E-state index contributed by atoms with van der Waals surface area (Å²) in [6.07, 6.45) is 31.4. The number of hydrogen-bond donors (Lipinski definition) is 0. The Morgan fingerprint density at radius 2 is 0.743 bits per heavy atom. The Bertz CT molecular complexity index is 434. The van der Waals surface area contributed by atoms with Gasteiger partial charge >= 0.3 is 0 Å². The lowest BCUT2D eigenvalue weighted by Crippen LogP contribution is -2.01. The largest absolute Gasteiger partial charge is 0.314 e. The standard InChI is InChI=1S/C25H48O10/c1-3-5-6-7-8-9-10-11-12-13-14-15-16-17-18-19-20-21-22-23-25-27-29-31-33-35-34-32-30-28-26-24-4-2/h4,23-25H,3,5-22H2,1-2H3. The summed E-state index contributed by atoms with van der Waals surface area (Å²) in [6.45, 7) is 3.98. The molecular formula is C25H48O10. The Kier molecular flexibility index (Phi) is 31.6. The highest BCUT2D eigenvalue weighted by molar-refractivity contribution is 4.71. The summed E-state index contributed by atoms with van der Waals surface area (Å²) in [5.74, 6) is 0. The van der Waals surface area contributed by atoms with Crippen LogP contribution in [0, 0.1) is 0 Å². The van der Waals surface area contributed by atoms with E-state index >= 15 is 0 Å². The van der Waals surface area contributed by atoms with E-state index < -0.39 is 0 Å². The first-order valence-corrected chi connectivity index (χ1v) is 13.3. The normalized spacial score (nSPS) is 11.7. The van der Waals surface area contributed by atoms with Gasteiger partial charge in [-0.05, 0) is 31.9 Å². The first-order chi connectivity index (χ1) is 17.4. The van der Waals surface area contributed by atoms with Crippen molar-refractivity contribution in [2.45, 2.75) is 136 Å². The van der Waals surface area contributed by atoms with E-state index in [0.717, 1.165) is 12.8 Å². The van der Waals surface area contributed by atoms with Crippen LogP contribution in [0.25, 0.3) is 0 Å². The molecule has 10 nitrogen and oxygen atoms in total. The summed E-state index contributed by atoms with van der Waals surface area (Å²) >= 11 is 0. The maximum atomic E-state index is 4.55. The van der Waals surface area contributed by atoms with Gasteiger partial charge in [-0.25, -0.2) is 0 Å². The predicted molar refractivity (Wildman–Crippen MR) is 128 cm³/mol. The first-order valence-electron chi connectivity index (χ1n) is 13.3. The minimum atomic E-state index is 0.892. The van der Waals surface area contributed by atoms with Crippen molar-refractivity contribution in [1.82, 2.24) is 0 Å². The van der Waals surface area contributed by atoms with Crippen molar-refractivity contribution >= 4 is 0 Å². The lowest BCUT2D eigenvalue weighted by Gasteiger charge is -2.03. The molecule has 0 unspecified atom stereocenters. The molecule has 0 rings (SSSR count). The first kappa shape index (κ1) is 33.8. The molecule has 10 heteroatoms. The molecule has 0 amide bonds. The lowest BCUT2D eigenvalue weighted by molar-refractivity contribution is -0.841. The van der Waals surface area contributed by atoms with Crippen LogP contribution in [0.2, 0.25) is 0 Å². The van der Waals surface area contributed by atoms with E-state index in [1.165, 1.54) is 122 Å². The van der Waals surface area contributed by atoms with Crippen molar-refractivity contribution in [2.75, 3.05) is 0 Å². The summed E-state index contributed by atoms with van der Waals surface area (Å²) in [7, 11) is 0. The topological polar surface area (TPSA) is 92.3 Å². The Balaban J connectivity index is 3.08. The van der Waals surface area contributed by atoms with Gasteiger partial charge < -0.3 is 9.78 Å². The van der Waals surface area contributed by atoms with Gasteiger partial charge in [-0.3, -0.25) is 0 Å². The van der Waals surface area contributed by atoms with Crippen molar-refractivity contribution in [1.29, 1.82) is 0 Å². The molecule has 0 aromatic rings. The van der Waals surface area contributed by atoms with Crippen LogP contribution < -0.4 is 0 Å². The molecule has 0 fully saturated rings. The Morgan fingerprint density at radius 3 is 1.14 bits per heavy atom. The van der Waals surface area contributed by atoms with Gasteiger partial charge in [0.15, 0.2) is 0 Å². The third kappa shape index (κ3) is 32.8. The van der Waals surface area contributed by atoms with Gasteiger partial charge in [0.25, 0.3) is 0 Å². The molecular weight excluding hydrogens is 460 g/mol. The highest BCUT2D eigenvalue weighted by atomic mass is 17.9. The van der Waals surface area contributed by atoms with Crippen LogP contribution in [-0.4, -0.2) is 0 Å². The number of unbranched alkanes of at least 4 members (excludes halogenated alkanes) is 18. The molecule has 0 spiro atoms. The zero-order valence-corrected chi connectivity index (χ0v) is 21.8. The van der Waals surface area contributed by atoms with Gasteiger partial charge in [0.2, 0.25) is 0 Å². The van der Waals surface area contributed by atoms with Crippen molar-refractivity contribution < 1.29 is 50.1 Å². The third-order valence-electron chi connectivity index (χ3n) is 5.34. The predicted octanol–water partition coefficient (Wildman–Crippen LogP) is 8.87. The maximum Gasteiger partial charge on any atom is 0.129 e. The minimum Gasteiger partial charge on any atom is -0.314 e. The molecule has 0 aliphatic heterocycles. The highest BCUT2D eigenvalue weighted by Crippen LogP contribution is 2.14. The van der Waals surface area contributed by atoms with Gasteiger partial charge in [0, 0.05) is 40.3 Å². The Hall–Kier alpha value is -1.24. The fourth-order valence-electron chi connectivity index (χ4n) is 3.47. The molecule has 0 radical (unpaired) electrons. The molecule has 0 aromatic carbocycles. The molecule has 0 N–H and O–H groups in total. The number of hydrogen-bond acceptors (Lipinski definition) is 10. The molecule has 0 atom stereocenters. The summed E-state index contributed by atoms with van der Waals surface area (Å²) in [5, 5.41) is 31.3. The highest BCUT2D eigenvalue weighted by Gasteiger charge is 1.96. The molecule has 0 aliphatic carbocycles. The molecule has 0 bridgehead atoms. The van der Waals surface area contributed by atoms with E-state index in [0.29, 0.717) is 0 Å². The molecule has 208 valence electrons. The van der Waals surface area contributed by atoms with Gasteiger partial charge in [0.05, 0.1) is 0 Å². The van der Waals surface area contributed by atoms with Crippen LogP contribution in [0.1, 0.15) is 136 Å². The number of rotatable bonds is 30. The Labute approximate surface area is 211 Å². The smallest absolute Gasteiger partial charge is 0.129 e. The monoisotopic (exact) mass is 508 g/mol. The fraction of sp³-hybridized carbons (Fsp3) is 0.840. The van der Waals surface area contributed by atoms with Crippen LogP contribution in [0.3, 0.4) is 0 Å². The summed E-state index contributed by atoms with van der Waals surface area (Å²) < 4.78 is 0. The van der Waals surface area contributed by atoms with Crippen LogP contribution in [0.15, 0.2) is 24.7 Å². The lowest BCUT2D eigenvalue weighted by atomic mass is 10.0. The van der Waals surface area contributed by atoms with E-state index in [1.807, 2.05) is 6.08 Å². The van der Waals surface area contributed by atoms with Crippen LogP contribution in [0.4, 0.5) is 0 Å². The zero-order valence-electron chi connectivity index (χ0n) is 21.8. The van der Waals surface area contributed by atoms with Crippen molar-refractivity contribution in [3.63, 3.8) is 0 Å². The van der Waals surface area contributed by atoms with Crippen molar-refractivity contribution in [2.24, 2.45) is 0 Å². The zero-order chi connectivity index (χ0) is 25.3. The quantitative estimate of drug-likeness (QED) is 0.0405. The molecule has 0 aliphatic rings. The minimum absolute atomic E-state index is 0.892. The van der Waals surface area contributed by atoms with Crippen LogP contribution >= 0.6 is 0 Å². The molecule has 35 heavy (non-hydrogen) atoms. The maximum absolute atomic E-state index is 4.55. The number of allylic oxidation sites excluding steroid dienone is 2. The van der Waals surface area contributed by atoms with Crippen molar-refractivity contribution in [3.8, 4) is 0 Å². The van der Waals surface area contributed by atoms with Crippen LogP contribution in [0.5, 0.6) is 0 Å². The van der Waals surface area contributed by atoms with E-state index in [-0.39, 0.29) is 0 Å². The van der Waals surface area contributed by atoms with Gasteiger partial charge in [0.1, 0.15) is 12.5 Å². The average molecular weight is 509 g/mol. The second kappa shape index (κ2) is 32.8.